The van der Waals surface area contributed by atoms with Crippen LogP contribution >= 0.6 is 35.4 Å². The van der Waals surface area contributed by atoms with Gasteiger partial charge < -0.3 is 15.5 Å². The van der Waals surface area contributed by atoms with Gasteiger partial charge in [0.15, 0.2) is 0 Å². The third kappa shape index (κ3) is 6.23. The molecule has 0 unspecified atom stereocenters. The van der Waals surface area contributed by atoms with Crippen molar-refractivity contribution in [2.45, 2.75) is 12.4 Å². The van der Waals surface area contributed by atoms with Crippen LogP contribution in [-0.4, -0.2) is 47.0 Å². The number of thiocarbonyl (C=S) groups is 1. The molecule has 1 aromatic heterocycles. The number of alkyl halides is 6. The lowest BCUT2D eigenvalue weighted by Gasteiger charge is -2.36. The van der Waals surface area contributed by atoms with Gasteiger partial charge in [-0.2, -0.15) is 26.3 Å². The van der Waals surface area contributed by atoms with Gasteiger partial charge in [0.05, 0.1) is 26.7 Å². The van der Waals surface area contributed by atoms with Gasteiger partial charge in [-0.3, -0.25) is 4.79 Å². The summed E-state index contributed by atoms with van der Waals surface area (Å²) < 4.78 is 81.4. The monoisotopic (exact) mass is 606 g/mol. The van der Waals surface area contributed by atoms with Crippen LogP contribution in [0.4, 0.5) is 32.2 Å². The molecule has 1 saturated heterocycles. The highest BCUT2D eigenvalue weighted by Crippen LogP contribution is 2.39. The molecule has 1 amide bonds. The maximum Gasteiger partial charge on any atom is 0.417 e. The molecule has 2 aromatic carbocycles. The highest BCUT2D eigenvalue weighted by Gasteiger charge is 2.38. The molecule has 0 bridgehead atoms. The SMILES string of the molecule is NC(=S)c1cc(C(=O)N2CCN(c3ncc(Cl)cc3Cl)CC2)c(C(F)(F)F)cc1-c1ccc(C(F)(F)F)cc1. The molecule has 206 valence electrons. The molecular formula is C25H18Cl2F6N4OS. The van der Waals surface area contributed by atoms with E-state index >= 15 is 0 Å². The molecule has 39 heavy (non-hydrogen) atoms. The predicted octanol–water partition coefficient (Wildman–Crippen LogP) is 6.69. The smallest absolute Gasteiger partial charge is 0.389 e. The van der Waals surface area contributed by atoms with E-state index in [1.165, 1.54) is 17.2 Å². The van der Waals surface area contributed by atoms with Gasteiger partial charge in [-0.25, -0.2) is 4.98 Å². The topological polar surface area (TPSA) is 62.5 Å². The van der Waals surface area contributed by atoms with E-state index in [-0.39, 0.29) is 47.9 Å². The molecule has 1 aliphatic rings. The number of nitrogens with two attached hydrogens (primary N) is 1. The van der Waals surface area contributed by atoms with Gasteiger partial charge in [0.1, 0.15) is 10.8 Å². The van der Waals surface area contributed by atoms with Crippen LogP contribution < -0.4 is 10.6 Å². The average Bonchev–Trinajstić information content (AvgIpc) is 2.86. The number of piperazine rings is 1. The first kappa shape index (κ1) is 28.9. The Morgan fingerprint density at radius 1 is 0.897 bits per heavy atom. The van der Waals surface area contributed by atoms with Crippen molar-refractivity contribution in [1.82, 2.24) is 9.88 Å². The van der Waals surface area contributed by atoms with Crippen LogP contribution in [0.1, 0.15) is 27.0 Å². The molecule has 0 saturated carbocycles. The molecule has 0 spiro atoms. The lowest BCUT2D eigenvalue weighted by molar-refractivity contribution is -0.138. The Balaban J connectivity index is 1.68. The molecular weight excluding hydrogens is 589 g/mol. The Bertz CT molecular complexity index is 1420. The van der Waals surface area contributed by atoms with Crippen molar-refractivity contribution in [2.75, 3.05) is 31.1 Å². The number of pyridine rings is 1. The second kappa shape index (κ2) is 10.8. The van der Waals surface area contributed by atoms with E-state index in [1.54, 1.807) is 4.90 Å². The van der Waals surface area contributed by atoms with Gasteiger partial charge in [-0.1, -0.05) is 47.6 Å². The molecule has 3 aromatic rings. The zero-order valence-electron chi connectivity index (χ0n) is 19.7. The van der Waals surface area contributed by atoms with E-state index in [4.69, 9.17) is 41.2 Å². The van der Waals surface area contributed by atoms with E-state index < -0.39 is 35.0 Å². The summed E-state index contributed by atoms with van der Waals surface area (Å²) in [5.74, 6) is -0.464. The molecule has 0 atom stereocenters. The van der Waals surface area contributed by atoms with Crippen LogP contribution in [0.3, 0.4) is 0 Å². The fourth-order valence-corrected chi connectivity index (χ4v) is 4.89. The zero-order chi connectivity index (χ0) is 28.7. The summed E-state index contributed by atoms with van der Waals surface area (Å²) in [6, 6.07) is 6.68. The molecule has 1 fully saturated rings. The number of rotatable bonds is 4. The summed E-state index contributed by atoms with van der Waals surface area (Å²) >= 11 is 17.1. The number of carbonyl (C=O) groups excluding carboxylic acids is 1. The highest BCUT2D eigenvalue weighted by atomic mass is 35.5. The second-order valence-corrected chi connectivity index (χ2v) is 9.90. The first-order valence-electron chi connectivity index (χ1n) is 11.2. The number of amides is 1. The molecule has 5 nitrogen and oxygen atoms in total. The van der Waals surface area contributed by atoms with Gasteiger partial charge in [-0.15, -0.1) is 0 Å². The molecule has 0 aliphatic carbocycles. The summed E-state index contributed by atoms with van der Waals surface area (Å²) in [4.78, 5) is 20.2. The Kier molecular flexibility index (Phi) is 8.02. The third-order valence-electron chi connectivity index (χ3n) is 6.14. The quantitative estimate of drug-likeness (QED) is 0.265. The van der Waals surface area contributed by atoms with Crippen molar-refractivity contribution in [2.24, 2.45) is 5.73 Å². The average molecular weight is 607 g/mol. The standard InChI is InChI=1S/C25H18Cl2F6N4OS/c26-15-9-20(27)22(35-12-15)36-5-7-37(8-6-36)23(38)18-10-17(21(34)39)16(11-19(18)25(31,32)33)13-1-3-14(4-2-13)24(28,29)30/h1-4,9-12H,5-8H2,(H2,34,39). The zero-order valence-corrected chi connectivity index (χ0v) is 22.0. The summed E-state index contributed by atoms with van der Waals surface area (Å²) in [5, 5.41) is 0.632. The number of hydrogen-bond donors (Lipinski definition) is 1. The third-order valence-corrected chi connectivity index (χ3v) is 6.84. The Morgan fingerprint density at radius 3 is 2.03 bits per heavy atom. The molecule has 0 radical (unpaired) electrons. The lowest BCUT2D eigenvalue weighted by atomic mass is 9.92. The van der Waals surface area contributed by atoms with Crippen molar-refractivity contribution in [1.29, 1.82) is 0 Å². The van der Waals surface area contributed by atoms with Crippen molar-refractivity contribution in [3.05, 3.63) is 81.0 Å². The normalized spacial score (nSPS) is 14.5. The summed E-state index contributed by atoms with van der Waals surface area (Å²) in [5.41, 5.74) is 2.68. The molecule has 4 rings (SSSR count). The molecule has 2 N–H and O–H groups in total. The van der Waals surface area contributed by atoms with E-state index in [2.05, 4.69) is 4.98 Å². The minimum atomic E-state index is -4.96. The fourth-order valence-electron chi connectivity index (χ4n) is 4.22. The molecule has 2 heterocycles. The molecule has 14 heteroatoms. The number of carbonyl (C=O) groups is 1. The number of hydrogen-bond acceptors (Lipinski definition) is 4. The van der Waals surface area contributed by atoms with Crippen molar-refractivity contribution < 1.29 is 31.1 Å². The van der Waals surface area contributed by atoms with E-state index in [9.17, 15) is 31.1 Å². The summed E-state index contributed by atoms with van der Waals surface area (Å²) in [6.45, 7) is 0.625. The van der Waals surface area contributed by atoms with Gasteiger partial charge in [0, 0.05) is 37.9 Å². The van der Waals surface area contributed by atoms with Crippen LogP contribution in [0.25, 0.3) is 11.1 Å². The van der Waals surface area contributed by atoms with Crippen LogP contribution in [0, 0.1) is 0 Å². The number of benzene rings is 2. The van der Waals surface area contributed by atoms with Gasteiger partial charge in [0.25, 0.3) is 5.91 Å². The Labute approximate surface area is 234 Å². The number of anilines is 1. The largest absolute Gasteiger partial charge is 0.417 e. The van der Waals surface area contributed by atoms with Crippen LogP contribution in [-0.2, 0) is 12.4 Å². The van der Waals surface area contributed by atoms with E-state index in [0.29, 0.717) is 21.9 Å². The van der Waals surface area contributed by atoms with Gasteiger partial charge >= 0.3 is 12.4 Å². The van der Waals surface area contributed by atoms with Crippen molar-refractivity contribution in [3.8, 4) is 11.1 Å². The van der Waals surface area contributed by atoms with E-state index in [0.717, 1.165) is 30.3 Å². The fraction of sp³-hybridized carbons (Fsp3) is 0.240. The highest BCUT2D eigenvalue weighted by molar-refractivity contribution is 7.80. The van der Waals surface area contributed by atoms with Crippen LogP contribution in [0.2, 0.25) is 10.0 Å². The van der Waals surface area contributed by atoms with Crippen molar-refractivity contribution >= 4 is 52.1 Å². The van der Waals surface area contributed by atoms with Crippen LogP contribution in [0.15, 0.2) is 48.7 Å². The first-order valence-corrected chi connectivity index (χ1v) is 12.4. The van der Waals surface area contributed by atoms with Crippen molar-refractivity contribution in [3.63, 3.8) is 0 Å². The number of aromatic nitrogens is 1. The summed E-state index contributed by atoms with van der Waals surface area (Å²) in [7, 11) is 0. The lowest BCUT2D eigenvalue weighted by Crippen LogP contribution is -2.49. The minimum absolute atomic E-state index is 0.0243. The number of nitrogens with zero attached hydrogens (tertiary/aromatic N) is 3. The summed E-state index contributed by atoms with van der Waals surface area (Å²) in [6.07, 6.45) is -8.18. The maximum atomic E-state index is 14.2. The predicted molar refractivity (Wildman–Crippen MR) is 140 cm³/mol. The first-order chi connectivity index (χ1) is 18.2. The van der Waals surface area contributed by atoms with Gasteiger partial charge in [0.2, 0.25) is 0 Å². The second-order valence-electron chi connectivity index (χ2n) is 8.62. The Morgan fingerprint density at radius 2 is 1.51 bits per heavy atom. The minimum Gasteiger partial charge on any atom is -0.389 e. The van der Waals surface area contributed by atoms with Crippen LogP contribution in [0.5, 0.6) is 0 Å². The Hall–Kier alpha value is -3.09. The maximum absolute atomic E-state index is 14.2. The van der Waals surface area contributed by atoms with E-state index in [1.807, 2.05) is 0 Å². The van der Waals surface area contributed by atoms with Gasteiger partial charge in [-0.05, 0) is 41.5 Å². The molecule has 1 aliphatic heterocycles. The number of halogens is 8.